The number of fused-ring (bicyclic) bond motifs is 4. The fourth-order valence-electron chi connectivity index (χ4n) is 6.70. The number of rotatable bonds is 6. The Morgan fingerprint density at radius 3 is 2.05 bits per heavy atom. The number of ether oxygens (including phenoxy) is 1. The zero-order valence-electron chi connectivity index (χ0n) is 22.8. The molecule has 0 fully saturated rings. The molecule has 2 heterocycles. The van der Waals surface area contributed by atoms with Gasteiger partial charge in [-0.05, 0) is 45.4 Å². The van der Waals surface area contributed by atoms with E-state index in [2.05, 4.69) is 109 Å². The molecule has 0 saturated heterocycles. The SMILES string of the molecule is CC(C)c1cc2c([nH]1)CN(C1(c3ccccc3)c3ccccc3-c3ccccc31)[C@@H]2C(=O)OCc1ccccc1. The number of hydrogen-bond donors (Lipinski definition) is 1. The van der Waals surface area contributed by atoms with E-state index < -0.39 is 11.6 Å². The first kappa shape index (κ1) is 24.6. The van der Waals surface area contributed by atoms with E-state index in [9.17, 15) is 4.79 Å². The summed E-state index contributed by atoms with van der Waals surface area (Å²) in [6.07, 6.45) is 0. The standard InChI is InChI=1S/C36H32N2O2/c1-24(2)32-21-29-33(37-32)22-38(34(29)35(39)40-23-25-13-5-3-6-14-25)36(26-15-7-4-8-16-26)30-19-11-9-17-27(30)28-18-10-12-20-31(28)36/h3-21,24,34,37H,22-23H2,1-2H3/t34-/m0/s1. The van der Waals surface area contributed by atoms with Crippen molar-refractivity contribution in [1.82, 2.24) is 9.88 Å². The van der Waals surface area contributed by atoms with Crippen molar-refractivity contribution < 1.29 is 9.53 Å². The monoisotopic (exact) mass is 524 g/mol. The molecule has 0 saturated carbocycles. The lowest BCUT2D eigenvalue weighted by Gasteiger charge is -2.44. The Morgan fingerprint density at radius 1 is 0.850 bits per heavy atom. The molecule has 4 aromatic carbocycles. The highest BCUT2D eigenvalue weighted by Crippen LogP contribution is 2.58. The number of esters is 1. The quantitative estimate of drug-likeness (QED) is 0.231. The van der Waals surface area contributed by atoms with Crippen molar-refractivity contribution >= 4 is 5.97 Å². The average Bonchev–Trinajstić information content (AvgIpc) is 3.65. The molecule has 198 valence electrons. The highest BCUT2D eigenvalue weighted by Gasteiger charge is 2.55. The van der Waals surface area contributed by atoms with E-state index in [1.807, 2.05) is 30.3 Å². The van der Waals surface area contributed by atoms with E-state index in [1.54, 1.807) is 0 Å². The summed E-state index contributed by atoms with van der Waals surface area (Å²) in [6, 6.07) is 39.4. The molecule has 1 aliphatic heterocycles. The van der Waals surface area contributed by atoms with Crippen LogP contribution < -0.4 is 0 Å². The van der Waals surface area contributed by atoms with Crippen molar-refractivity contribution in [3.8, 4) is 11.1 Å². The Labute approximate surface area is 235 Å². The summed E-state index contributed by atoms with van der Waals surface area (Å²) in [6.45, 7) is 5.20. The normalized spacial score (nSPS) is 16.9. The van der Waals surface area contributed by atoms with Crippen LogP contribution in [0.3, 0.4) is 0 Å². The minimum Gasteiger partial charge on any atom is -0.459 e. The number of aromatic amines is 1. The predicted octanol–water partition coefficient (Wildman–Crippen LogP) is 7.71. The van der Waals surface area contributed by atoms with Crippen LogP contribution in [-0.2, 0) is 28.2 Å². The Kier molecular flexibility index (Phi) is 5.94. The molecule has 4 nitrogen and oxygen atoms in total. The van der Waals surface area contributed by atoms with Crippen LogP contribution in [0.1, 0.15) is 65.0 Å². The smallest absolute Gasteiger partial charge is 0.328 e. The molecule has 1 aliphatic carbocycles. The van der Waals surface area contributed by atoms with E-state index in [1.165, 1.54) is 22.3 Å². The van der Waals surface area contributed by atoms with Gasteiger partial charge in [-0.2, -0.15) is 0 Å². The van der Waals surface area contributed by atoms with E-state index >= 15 is 0 Å². The summed E-state index contributed by atoms with van der Waals surface area (Å²) in [5.74, 6) is 0.102. The molecule has 1 aromatic heterocycles. The van der Waals surface area contributed by atoms with E-state index in [0.29, 0.717) is 12.5 Å². The summed E-state index contributed by atoms with van der Waals surface area (Å²) in [4.78, 5) is 20.3. The number of nitrogens with zero attached hydrogens (tertiary/aromatic N) is 1. The van der Waals surface area contributed by atoms with Crippen LogP contribution in [-0.4, -0.2) is 15.9 Å². The molecule has 4 heteroatoms. The first-order valence-electron chi connectivity index (χ1n) is 14.0. The zero-order valence-corrected chi connectivity index (χ0v) is 22.8. The van der Waals surface area contributed by atoms with Crippen molar-refractivity contribution in [3.63, 3.8) is 0 Å². The van der Waals surface area contributed by atoms with Gasteiger partial charge in [0.05, 0.1) is 5.54 Å². The number of benzene rings is 4. The molecule has 0 bridgehead atoms. The van der Waals surface area contributed by atoms with Crippen LogP contribution in [0.25, 0.3) is 11.1 Å². The Hall–Kier alpha value is -4.41. The minimum atomic E-state index is -0.664. The van der Waals surface area contributed by atoms with Gasteiger partial charge in [0, 0.05) is 23.5 Å². The van der Waals surface area contributed by atoms with Gasteiger partial charge in [-0.25, -0.2) is 4.79 Å². The number of carbonyl (C=O) groups is 1. The van der Waals surface area contributed by atoms with Crippen molar-refractivity contribution in [2.75, 3.05) is 0 Å². The van der Waals surface area contributed by atoms with Crippen molar-refractivity contribution in [3.05, 3.63) is 154 Å². The second-order valence-corrected chi connectivity index (χ2v) is 11.1. The maximum Gasteiger partial charge on any atom is 0.328 e. The summed E-state index contributed by atoms with van der Waals surface area (Å²) in [5, 5.41) is 0. The number of H-pyrrole nitrogens is 1. The molecule has 0 radical (unpaired) electrons. The lowest BCUT2D eigenvalue weighted by atomic mass is 9.78. The van der Waals surface area contributed by atoms with Crippen molar-refractivity contribution in [1.29, 1.82) is 0 Å². The Balaban J connectivity index is 1.43. The van der Waals surface area contributed by atoms with Gasteiger partial charge in [0.1, 0.15) is 12.6 Å². The molecule has 0 spiro atoms. The fraction of sp³-hybridized carbons (Fsp3) is 0.194. The van der Waals surface area contributed by atoms with Gasteiger partial charge in [0.15, 0.2) is 0 Å². The molecule has 7 rings (SSSR count). The van der Waals surface area contributed by atoms with Gasteiger partial charge in [0.25, 0.3) is 0 Å². The Morgan fingerprint density at radius 2 is 1.43 bits per heavy atom. The van der Waals surface area contributed by atoms with Crippen LogP contribution in [0, 0.1) is 0 Å². The van der Waals surface area contributed by atoms with Crippen LogP contribution in [0.2, 0.25) is 0 Å². The van der Waals surface area contributed by atoms with Gasteiger partial charge < -0.3 is 9.72 Å². The maximum atomic E-state index is 14.2. The van der Waals surface area contributed by atoms with Crippen molar-refractivity contribution in [2.24, 2.45) is 0 Å². The van der Waals surface area contributed by atoms with E-state index in [0.717, 1.165) is 28.1 Å². The number of hydrogen-bond acceptors (Lipinski definition) is 3. The third-order valence-corrected chi connectivity index (χ3v) is 8.50. The number of carbonyl (C=O) groups excluding carboxylic acids is 1. The van der Waals surface area contributed by atoms with Crippen LogP contribution in [0.15, 0.2) is 115 Å². The molecule has 1 atom stereocenters. The summed E-state index contributed by atoms with van der Waals surface area (Å²) in [5.41, 5.74) is 9.49. The first-order chi connectivity index (χ1) is 19.6. The molecule has 40 heavy (non-hydrogen) atoms. The third kappa shape index (κ3) is 3.67. The highest BCUT2D eigenvalue weighted by molar-refractivity contribution is 5.85. The second-order valence-electron chi connectivity index (χ2n) is 11.1. The molecule has 0 unspecified atom stereocenters. The molecule has 1 N–H and O–H groups in total. The summed E-state index contributed by atoms with van der Waals surface area (Å²) in [7, 11) is 0. The third-order valence-electron chi connectivity index (χ3n) is 8.50. The van der Waals surface area contributed by atoms with Crippen LogP contribution in [0.5, 0.6) is 0 Å². The van der Waals surface area contributed by atoms with Crippen LogP contribution in [0.4, 0.5) is 0 Å². The van der Waals surface area contributed by atoms with E-state index in [-0.39, 0.29) is 12.6 Å². The van der Waals surface area contributed by atoms with Gasteiger partial charge in [-0.3, -0.25) is 4.90 Å². The maximum absolute atomic E-state index is 14.2. The fourth-order valence-corrected chi connectivity index (χ4v) is 6.70. The first-order valence-corrected chi connectivity index (χ1v) is 14.0. The lowest BCUT2D eigenvalue weighted by molar-refractivity contribution is -0.153. The van der Waals surface area contributed by atoms with Gasteiger partial charge in [0.2, 0.25) is 0 Å². The van der Waals surface area contributed by atoms with Gasteiger partial charge >= 0.3 is 5.97 Å². The molecular weight excluding hydrogens is 492 g/mol. The van der Waals surface area contributed by atoms with Gasteiger partial charge in [-0.1, -0.05) is 123 Å². The average molecular weight is 525 g/mol. The minimum absolute atomic E-state index is 0.228. The molecule has 5 aromatic rings. The predicted molar refractivity (Wildman–Crippen MR) is 158 cm³/mol. The molecular formula is C36H32N2O2. The number of aromatic nitrogens is 1. The summed E-state index contributed by atoms with van der Waals surface area (Å²) >= 11 is 0. The zero-order chi connectivity index (χ0) is 27.3. The van der Waals surface area contributed by atoms with Crippen LogP contribution >= 0.6 is 0 Å². The summed E-state index contributed by atoms with van der Waals surface area (Å²) < 4.78 is 6.09. The molecule has 0 amide bonds. The topological polar surface area (TPSA) is 45.3 Å². The van der Waals surface area contributed by atoms with Gasteiger partial charge in [-0.15, -0.1) is 0 Å². The highest BCUT2D eigenvalue weighted by atomic mass is 16.5. The largest absolute Gasteiger partial charge is 0.459 e. The van der Waals surface area contributed by atoms with E-state index in [4.69, 9.17) is 4.74 Å². The Bertz CT molecular complexity index is 1640. The lowest BCUT2D eigenvalue weighted by Crippen LogP contribution is -2.48. The molecule has 2 aliphatic rings. The second kappa shape index (κ2) is 9.65. The van der Waals surface area contributed by atoms with Crippen molar-refractivity contribution in [2.45, 2.75) is 44.5 Å². The number of nitrogens with one attached hydrogen (secondary N) is 1.